The summed E-state index contributed by atoms with van der Waals surface area (Å²) in [5.74, 6) is 1.65. The SMILES string of the molecule is CCn1cc(Br)nc1C(C)C. The first kappa shape index (κ1) is 8.78. The molecule has 0 spiro atoms. The lowest BCUT2D eigenvalue weighted by atomic mass is 10.2. The number of halogens is 1. The molecule has 11 heavy (non-hydrogen) atoms. The summed E-state index contributed by atoms with van der Waals surface area (Å²) in [7, 11) is 0. The van der Waals surface area contributed by atoms with Gasteiger partial charge in [0.05, 0.1) is 0 Å². The predicted octanol–water partition coefficient (Wildman–Crippen LogP) is 2.79. The van der Waals surface area contributed by atoms with Gasteiger partial charge in [-0.15, -0.1) is 0 Å². The minimum absolute atomic E-state index is 0.501. The molecule has 0 bridgehead atoms. The fraction of sp³-hybridized carbons (Fsp3) is 0.625. The van der Waals surface area contributed by atoms with E-state index >= 15 is 0 Å². The van der Waals surface area contributed by atoms with Crippen molar-refractivity contribution in [1.29, 1.82) is 0 Å². The first-order valence-corrected chi connectivity index (χ1v) is 4.67. The Morgan fingerprint density at radius 1 is 1.64 bits per heavy atom. The summed E-state index contributed by atoms with van der Waals surface area (Å²) >= 11 is 3.36. The molecular weight excluding hydrogens is 204 g/mol. The quantitative estimate of drug-likeness (QED) is 0.744. The van der Waals surface area contributed by atoms with E-state index in [4.69, 9.17) is 0 Å². The smallest absolute Gasteiger partial charge is 0.124 e. The molecule has 1 aromatic rings. The monoisotopic (exact) mass is 216 g/mol. The fourth-order valence-electron chi connectivity index (χ4n) is 1.11. The molecule has 3 heteroatoms. The van der Waals surface area contributed by atoms with E-state index in [1.54, 1.807) is 0 Å². The Morgan fingerprint density at radius 3 is 2.64 bits per heavy atom. The molecule has 0 unspecified atom stereocenters. The van der Waals surface area contributed by atoms with Crippen LogP contribution >= 0.6 is 15.9 Å². The maximum Gasteiger partial charge on any atom is 0.124 e. The molecule has 0 saturated carbocycles. The molecule has 0 saturated heterocycles. The Morgan fingerprint density at radius 2 is 2.27 bits per heavy atom. The van der Waals surface area contributed by atoms with Gasteiger partial charge in [0, 0.05) is 18.7 Å². The molecule has 1 aromatic heterocycles. The summed E-state index contributed by atoms with van der Waals surface area (Å²) in [5, 5.41) is 0. The van der Waals surface area contributed by atoms with E-state index in [1.165, 1.54) is 0 Å². The van der Waals surface area contributed by atoms with Gasteiger partial charge in [-0.1, -0.05) is 13.8 Å². The maximum absolute atomic E-state index is 4.36. The summed E-state index contributed by atoms with van der Waals surface area (Å²) in [5.41, 5.74) is 0. The second-order valence-corrected chi connectivity index (χ2v) is 3.68. The molecule has 2 nitrogen and oxygen atoms in total. The topological polar surface area (TPSA) is 17.8 Å². The molecule has 1 heterocycles. The third kappa shape index (κ3) is 1.83. The lowest BCUT2D eigenvalue weighted by Crippen LogP contribution is -2.01. The number of hydrogen-bond donors (Lipinski definition) is 0. The van der Waals surface area contributed by atoms with Gasteiger partial charge in [0.15, 0.2) is 0 Å². The van der Waals surface area contributed by atoms with Crippen LogP contribution in [0.1, 0.15) is 32.5 Å². The van der Waals surface area contributed by atoms with Gasteiger partial charge in [-0.25, -0.2) is 4.98 Å². The molecule has 62 valence electrons. The van der Waals surface area contributed by atoms with Crippen molar-refractivity contribution < 1.29 is 0 Å². The highest BCUT2D eigenvalue weighted by Gasteiger charge is 2.07. The van der Waals surface area contributed by atoms with E-state index < -0.39 is 0 Å². The van der Waals surface area contributed by atoms with Crippen LogP contribution in [-0.2, 0) is 6.54 Å². The predicted molar refractivity (Wildman–Crippen MR) is 49.7 cm³/mol. The number of aromatic nitrogens is 2. The third-order valence-electron chi connectivity index (χ3n) is 1.64. The standard InChI is InChI=1S/C8H13BrN2/c1-4-11-5-7(9)10-8(11)6(2)3/h5-6H,4H2,1-3H3. The van der Waals surface area contributed by atoms with Crippen LogP contribution in [0.3, 0.4) is 0 Å². The molecule has 0 radical (unpaired) electrons. The van der Waals surface area contributed by atoms with E-state index in [1.807, 2.05) is 6.20 Å². The van der Waals surface area contributed by atoms with E-state index in [0.29, 0.717) is 5.92 Å². The first-order valence-electron chi connectivity index (χ1n) is 3.87. The molecule has 0 aliphatic carbocycles. The van der Waals surface area contributed by atoms with Gasteiger partial charge in [0.25, 0.3) is 0 Å². The third-order valence-corrected chi connectivity index (χ3v) is 2.02. The lowest BCUT2D eigenvalue weighted by Gasteiger charge is -2.05. The van der Waals surface area contributed by atoms with Crippen molar-refractivity contribution in [1.82, 2.24) is 9.55 Å². The number of aryl methyl sites for hydroxylation is 1. The van der Waals surface area contributed by atoms with Crippen LogP contribution in [0.5, 0.6) is 0 Å². The Balaban J connectivity index is 3.02. The Hall–Kier alpha value is -0.310. The normalized spacial score (nSPS) is 11.0. The van der Waals surface area contributed by atoms with Crippen LogP contribution < -0.4 is 0 Å². The molecule has 0 N–H and O–H groups in total. The fourth-order valence-corrected chi connectivity index (χ4v) is 1.54. The van der Waals surface area contributed by atoms with Gasteiger partial charge in [0.2, 0.25) is 0 Å². The molecule has 0 amide bonds. The summed E-state index contributed by atoms with van der Waals surface area (Å²) in [6.45, 7) is 7.42. The Kier molecular flexibility index (Phi) is 2.71. The van der Waals surface area contributed by atoms with Gasteiger partial charge >= 0.3 is 0 Å². The van der Waals surface area contributed by atoms with Crippen molar-refractivity contribution in [3.05, 3.63) is 16.6 Å². The Labute approximate surface area is 75.8 Å². The van der Waals surface area contributed by atoms with Crippen molar-refractivity contribution in [3.8, 4) is 0 Å². The van der Waals surface area contributed by atoms with Crippen LogP contribution in [0, 0.1) is 0 Å². The van der Waals surface area contributed by atoms with Crippen LogP contribution in [0.25, 0.3) is 0 Å². The van der Waals surface area contributed by atoms with Crippen molar-refractivity contribution in [2.45, 2.75) is 33.2 Å². The molecule has 0 aromatic carbocycles. The highest BCUT2D eigenvalue weighted by molar-refractivity contribution is 9.10. The van der Waals surface area contributed by atoms with Crippen LogP contribution in [0.4, 0.5) is 0 Å². The maximum atomic E-state index is 4.36. The summed E-state index contributed by atoms with van der Waals surface area (Å²) in [6, 6.07) is 0. The van der Waals surface area contributed by atoms with Gasteiger partial charge in [-0.3, -0.25) is 0 Å². The summed E-state index contributed by atoms with van der Waals surface area (Å²) < 4.78 is 3.09. The molecule has 0 atom stereocenters. The van der Waals surface area contributed by atoms with E-state index in [-0.39, 0.29) is 0 Å². The number of rotatable bonds is 2. The molecular formula is C8H13BrN2. The zero-order valence-electron chi connectivity index (χ0n) is 7.13. The number of imidazole rings is 1. The zero-order valence-corrected chi connectivity index (χ0v) is 8.72. The highest BCUT2D eigenvalue weighted by Crippen LogP contribution is 2.16. The number of nitrogens with zero attached hydrogens (tertiary/aromatic N) is 2. The van der Waals surface area contributed by atoms with Crippen molar-refractivity contribution in [3.63, 3.8) is 0 Å². The van der Waals surface area contributed by atoms with Gasteiger partial charge in [0.1, 0.15) is 10.4 Å². The van der Waals surface area contributed by atoms with Crippen molar-refractivity contribution >= 4 is 15.9 Å². The lowest BCUT2D eigenvalue weighted by molar-refractivity contribution is 0.652. The van der Waals surface area contributed by atoms with Crippen molar-refractivity contribution in [2.24, 2.45) is 0 Å². The second-order valence-electron chi connectivity index (χ2n) is 2.86. The van der Waals surface area contributed by atoms with Gasteiger partial charge < -0.3 is 4.57 Å². The zero-order chi connectivity index (χ0) is 8.43. The Bertz CT molecular complexity index is 240. The minimum atomic E-state index is 0.501. The van der Waals surface area contributed by atoms with Gasteiger partial charge in [-0.2, -0.15) is 0 Å². The van der Waals surface area contributed by atoms with Crippen LogP contribution in [0.2, 0.25) is 0 Å². The van der Waals surface area contributed by atoms with Crippen LogP contribution in [-0.4, -0.2) is 9.55 Å². The summed E-state index contributed by atoms with van der Waals surface area (Å²) in [6.07, 6.45) is 2.02. The summed E-state index contributed by atoms with van der Waals surface area (Å²) in [4.78, 5) is 4.36. The second kappa shape index (κ2) is 3.39. The number of hydrogen-bond acceptors (Lipinski definition) is 1. The van der Waals surface area contributed by atoms with E-state index in [0.717, 1.165) is 17.0 Å². The first-order chi connectivity index (χ1) is 5.15. The molecule has 1 rings (SSSR count). The van der Waals surface area contributed by atoms with E-state index in [2.05, 4.69) is 46.3 Å². The average Bonchev–Trinajstić information content (AvgIpc) is 2.30. The minimum Gasteiger partial charge on any atom is -0.334 e. The molecule has 0 fully saturated rings. The highest BCUT2D eigenvalue weighted by atomic mass is 79.9. The van der Waals surface area contributed by atoms with Crippen molar-refractivity contribution in [2.75, 3.05) is 0 Å². The molecule has 0 aliphatic heterocycles. The molecule has 0 aliphatic rings. The van der Waals surface area contributed by atoms with Crippen LogP contribution in [0.15, 0.2) is 10.8 Å². The van der Waals surface area contributed by atoms with Gasteiger partial charge in [-0.05, 0) is 22.9 Å². The largest absolute Gasteiger partial charge is 0.334 e. The average molecular weight is 217 g/mol. The van der Waals surface area contributed by atoms with E-state index in [9.17, 15) is 0 Å².